The van der Waals surface area contributed by atoms with Crippen molar-refractivity contribution < 1.29 is 4.79 Å². The van der Waals surface area contributed by atoms with E-state index in [4.69, 9.17) is 5.73 Å². The zero-order valence-electron chi connectivity index (χ0n) is 8.60. The smallest absolute Gasteiger partial charge is 0.255 e. The molecule has 0 atom stereocenters. The first-order valence-corrected chi connectivity index (χ1v) is 4.89. The Balaban J connectivity index is 2.14. The number of hydrogen-bond acceptors (Lipinski definition) is 3. The van der Waals surface area contributed by atoms with Crippen molar-refractivity contribution in [3.63, 3.8) is 0 Å². The maximum absolute atomic E-state index is 11.8. The van der Waals surface area contributed by atoms with Gasteiger partial charge in [-0.1, -0.05) is 0 Å². The molecule has 2 rings (SSSR count). The lowest BCUT2D eigenvalue weighted by molar-refractivity contribution is 0.102. The fourth-order valence-corrected chi connectivity index (χ4v) is 1.34. The number of carbonyl (C=O) groups excluding carboxylic acids is 1. The number of pyridine rings is 1. The fourth-order valence-electron chi connectivity index (χ4n) is 1.34. The molecule has 16 heavy (non-hydrogen) atoms. The maximum atomic E-state index is 11.8. The van der Waals surface area contributed by atoms with Crippen molar-refractivity contribution in [3.05, 3.63) is 48.0 Å². The van der Waals surface area contributed by atoms with Gasteiger partial charge >= 0.3 is 0 Å². The molecule has 1 amide bonds. The van der Waals surface area contributed by atoms with Gasteiger partial charge in [0.25, 0.3) is 5.91 Å². The van der Waals surface area contributed by atoms with Gasteiger partial charge in [-0.3, -0.25) is 9.78 Å². The molecule has 0 spiro atoms. The molecule has 0 saturated carbocycles. The molecular formula is C11H12N4O. The summed E-state index contributed by atoms with van der Waals surface area (Å²) in [7, 11) is 0. The Hall–Kier alpha value is -2.14. The summed E-state index contributed by atoms with van der Waals surface area (Å²) in [6.07, 6.45) is 5.03. The third-order valence-electron chi connectivity index (χ3n) is 2.14. The van der Waals surface area contributed by atoms with Crippen LogP contribution in [0.3, 0.4) is 0 Å². The van der Waals surface area contributed by atoms with Crippen LogP contribution in [0.2, 0.25) is 0 Å². The van der Waals surface area contributed by atoms with Crippen LogP contribution in [0.25, 0.3) is 0 Å². The van der Waals surface area contributed by atoms with Crippen molar-refractivity contribution in [1.29, 1.82) is 0 Å². The standard InChI is InChI=1S/C11H12N4O/c12-6-10-5-8(1-4-14-10)11(16)15-9-2-3-13-7-9/h1-5,7,13H,6,12H2,(H,15,16). The number of rotatable bonds is 3. The number of H-pyrrole nitrogens is 1. The van der Waals surface area contributed by atoms with Gasteiger partial charge in [0.2, 0.25) is 0 Å². The van der Waals surface area contributed by atoms with E-state index in [1.807, 2.05) is 0 Å². The van der Waals surface area contributed by atoms with Crippen molar-refractivity contribution in [2.75, 3.05) is 5.32 Å². The quantitative estimate of drug-likeness (QED) is 0.718. The largest absolute Gasteiger partial charge is 0.366 e. The highest BCUT2D eigenvalue weighted by Crippen LogP contribution is 2.08. The molecule has 0 unspecified atom stereocenters. The molecule has 2 aromatic rings. The first-order valence-electron chi connectivity index (χ1n) is 4.89. The number of hydrogen-bond donors (Lipinski definition) is 3. The normalized spacial score (nSPS) is 10.1. The van der Waals surface area contributed by atoms with Crippen molar-refractivity contribution >= 4 is 11.6 Å². The highest BCUT2D eigenvalue weighted by atomic mass is 16.1. The minimum Gasteiger partial charge on any atom is -0.366 e. The summed E-state index contributed by atoms with van der Waals surface area (Å²) in [4.78, 5) is 18.7. The van der Waals surface area contributed by atoms with E-state index >= 15 is 0 Å². The molecule has 0 bridgehead atoms. The van der Waals surface area contributed by atoms with E-state index in [2.05, 4.69) is 15.3 Å². The minimum atomic E-state index is -0.170. The molecule has 4 N–H and O–H groups in total. The zero-order chi connectivity index (χ0) is 11.4. The Morgan fingerprint density at radius 3 is 3.06 bits per heavy atom. The molecular weight excluding hydrogens is 204 g/mol. The summed E-state index contributed by atoms with van der Waals surface area (Å²) >= 11 is 0. The predicted octanol–water partition coefficient (Wildman–Crippen LogP) is 1.12. The Morgan fingerprint density at radius 2 is 2.38 bits per heavy atom. The Labute approximate surface area is 92.7 Å². The molecule has 2 aromatic heterocycles. The Morgan fingerprint density at radius 1 is 1.50 bits per heavy atom. The van der Waals surface area contributed by atoms with Gasteiger partial charge < -0.3 is 16.0 Å². The van der Waals surface area contributed by atoms with E-state index in [-0.39, 0.29) is 5.91 Å². The van der Waals surface area contributed by atoms with Crippen LogP contribution in [0.4, 0.5) is 5.69 Å². The van der Waals surface area contributed by atoms with Gasteiger partial charge in [-0.05, 0) is 18.2 Å². The third-order valence-corrected chi connectivity index (χ3v) is 2.14. The number of aromatic amines is 1. The number of nitrogens with one attached hydrogen (secondary N) is 2. The van der Waals surface area contributed by atoms with Crippen LogP contribution < -0.4 is 11.1 Å². The molecule has 0 aromatic carbocycles. The van der Waals surface area contributed by atoms with Gasteiger partial charge in [-0.15, -0.1) is 0 Å². The fraction of sp³-hybridized carbons (Fsp3) is 0.0909. The number of nitrogens with two attached hydrogens (primary N) is 1. The number of anilines is 1. The number of aromatic nitrogens is 2. The summed E-state index contributed by atoms with van der Waals surface area (Å²) in [6, 6.07) is 5.12. The molecule has 0 fully saturated rings. The second-order valence-electron chi connectivity index (χ2n) is 3.29. The average Bonchev–Trinajstić information content (AvgIpc) is 2.82. The molecule has 82 valence electrons. The van der Waals surface area contributed by atoms with Crippen LogP contribution in [0.15, 0.2) is 36.8 Å². The summed E-state index contributed by atoms with van der Waals surface area (Å²) < 4.78 is 0. The van der Waals surface area contributed by atoms with Gasteiger partial charge in [0.05, 0.1) is 11.4 Å². The molecule has 0 aliphatic carbocycles. The molecule has 0 radical (unpaired) electrons. The van der Waals surface area contributed by atoms with Crippen molar-refractivity contribution in [1.82, 2.24) is 9.97 Å². The van der Waals surface area contributed by atoms with Crippen LogP contribution in [0, 0.1) is 0 Å². The lowest BCUT2D eigenvalue weighted by Gasteiger charge is -2.03. The van der Waals surface area contributed by atoms with Gasteiger partial charge in [-0.2, -0.15) is 0 Å². The third kappa shape index (κ3) is 2.26. The average molecular weight is 216 g/mol. The van der Waals surface area contributed by atoms with Gasteiger partial charge in [-0.25, -0.2) is 0 Å². The number of carbonyl (C=O) groups is 1. The van der Waals surface area contributed by atoms with Crippen LogP contribution in [-0.2, 0) is 6.54 Å². The van der Waals surface area contributed by atoms with E-state index in [0.717, 1.165) is 5.69 Å². The SMILES string of the molecule is NCc1cc(C(=O)Nc2cc[nH]c2)ccn1. The van der Waals surface area contributed by atoms with Crippen LogP contribution in [-0.4, -0.2) is 15.9 Å². The summed E-state index contributed by atoms with van der Waals surface area (Å²) in [5.74, 6) is -0.170. The van der Waals surface area contributed by atoms with Crippen LogP contribution >= 0.6 is 0 Å². The first-order chi connectivity index (χ1) is 7.79. The lowest BCUT2D eigenvalue weighted by atomic mass is 10.2. The van der Waals surface area contributed by atoms with E-state index < -0.39 is 0 Å². The van der Waals surface area contributed by atoms with Gasteiger partial charge in [0.15, 0.2) is 0 Å². The van der Waals surface area contributed by atoms with Crippen LogP contribution in [0.1, 0.15) is 16.1 Å². The highest BCUT2D eigenvalue weighted by molar-refractivity contribution is 6.04. The first kappa shape index (κ1) is 10.4. The van der Waals surface area contributed by atoms with Gasteiger partial charge in [0.1, 0.15) is 0 Å². The monoisotopic (exact) mass is 216 g/mol. The predicted molar refractivity (Wildman–Crippen MR) is 60.9 cm³/mol. The van der Waals surface area contributed by atoms with E-state index in [9.17, 15) is 4.79 Å². The topological polar surface area (TPSA) is 83.8 Å². The second kappa shape index (κ2) is 4.59. The van der Waals surface area contributed by atoms with E-state index in [1.54, 1.807) is 36.8 Å². The molecule has 5 nitrogen and oxygen atoms in total. The Kier molecular flexibility index (Phi) is 2.98. The molecule has 5 heteroatoms. The summed E-state index contributed by atoms with van der Waals surface area (Å²) in [5, 5.41) is 2.75. The molecule has 0 aliphatic heterocycles. The van der Waals surface area contributed by atoms with Crippen molar-refractivity contribution in [3.8, 4) is 0 Å². The van der Waals surface area contributed by atoms with Gasteiger partial charge in [0, 0.05) is 30.7 Å². The summed E-state index contributed by atoms with van der Waals surface area (Å²) in [5.41, 5.74) is 7.44. The summed E-state index contributed by atoms with van der Waals surface area (Å²) in [6.45, 7) is 0.325. The highest BCUT2D eigenvalue weighted by Gasteiger charge is 2.06. The zero-order valence-corrected chi connectivity index (χ0v) is 8.60. The van der Waals surface area contributed by atoms with E-state index in [0.29, 0.717) is 17.8 Å². The lowest BCUT2D eigenvalue weighted by Crippen LogP contribution is -2.12. The van der Waals surface area contributed by atoms with Crippen molar-refractivity contribution in [2.24, 2.45) is 5.73 Å². The van der Waals surface area contributed by atoms with Crippen molar-refractivity contribution in [2.45, 2.75) is 6.54 Å². The Bertz CT molecular complexity index is 478. The van der Waals surface area contributed by atoms with Crippen LogP contribution in [0.5, 0.6) is 0 Å². The second-order valence-corrected chi connectivity index (χ2v) is 3.29. The minimum absolute atomic E-state index is 0.170. The number of nitrogens with zero attached hydrogens (tertiary/aromatic N) is 1. The number of amides is 1. The molecule has 2 heterocycles. The molecule has 0 aliphatic rings. The molecule has 0 saturated heterocycles. The maximum Gasteiger partial charge on any atom is 0.255 e. The van der Waals surface area contributed by atoms with E-state index in [1.165, 1.54) is 0 Å².